The number of rotatable bonds is 7. The van der Waals surface area contributed by atoms with E-state index in [0.717, 1.165) is 42.0 Å². The molecule has 2 aromatic heterocycles. The fourth-order valence-corrected chi connectivity index (χ4v) is 5.21. The summed E-state index contributed by atoms with van der Waals surface area (Å²) < 4.78 is 11.1. The second kappa shape index (κ2) is 12.4. The Bertz CT molecular complexity index is 1420. The first-order chi connectivity index (χ1) is 20.1. The van der Waals surface area contributed by atoms with Crippen LogP contribution < -0.4 is 15.5 Å². The summed E-state index contributed by atoms with van der Waals surface area (Å²) in [5.41, 5.74) is 3.57. The molecule has 0 spiro atoms. The van der Waals surface area contributed by atoms with Crippen molar-refractivity contribution >= 4 is 23.4 Å². The highest BCUT2D eigenvalue weighted by atomic mass is 16.5. The lowest BCUT2D eigenvalue weighted by atomic mass is 9.91. The van der Waals surface area contributed by atoms with E-state index in [1.807, 2.05) is 24.3 Å². The van der Waals surface area contributed by atoms with Gasteiger partial charge in [-0.25, -0.2) is 14.8 Å². The molecule has 1 atom stereocenters. The standard InChI is InChI=1S/C30H40N8O4/c1-19-18-41-16-15-38(19)26-23-11-14-37(28(39)27-36-35-20(2)42-27)17-24(23)33-25(34-26)21-7-9-22(10-8-21)32-29(40)31-13-6-12-30(3,4)5/h7-10,19H,6,11-18H2,1-5H3,(H2,31,32,40). The highest BCUT2D eigenvalue weighted by Crippen LogP contribution is 2.32. The van der Waals surface area contributed by atoms with Gasteiger partial charge in [-0.1, -0.05) is 20.8 Å². The molecule has 2 N–H and O–H groups in total. The Morgan fingerprint density at radius 1 is 1.10 bits per heavy atom. The number of aromatic nitrogens is 4. The van der Waals surface area contributed by atoms with E-state index in [-0.39, 0.29) is 29.3 Å². The van der Waals surface area contributed by atoms with E-state index in [9.17, 15) is 9.59 Å². The van der Waals surface area contributed by atoms with E-state index < -0.39 is 0 Å². The van der Waals surface area contributed by atoms with Gasteiger partial charge in [-0.15, -0.1) is 10.2 Å². The first-order valence-corrected chi connectivity index (χ1v) is 14.6. The fourth-order valence-electron chi connectivity index (χ4n) is 5.21. The van der Waals surface area contributed by atoms with Crippen molar-refractivity contribution in [1.82, 2.24) is 30.4 Å². The number of nitrogens with zero attached hydrogens (tertiary/aromatic N) is 6. The van der Waals surface area contributed by atoms with Crippen LogP contribution in [0.25, 0.3) is 11.4 Å². The number of nitrogens with one attached hydrogen (secondary N) is 2. The molecule has 0 radical (unpaired) electrons. The third-order valence-corrected chi connectivity index (χ3v) is 7.47. The summed E-state index contributed by atoms with van der Waals surface area (Å²) >= 11 is 0. The third-order valence-electron chi connectivity index (χ3n) is 7.47. The number of benzene rings is 1. The normalized spacial score (nSPS) is 17.1. The SMILES string of the molecule is Cc1nnc(C(=O)N2CCc3c(nc(-c4ccc(NC(=O)NCCCC(C)(C)C)cc4)nc3N3CCOCC3C)C2)o1. The largest absolute Gasteiger partial charge is 0.417 e. The van der Waals surface area contributed by atoms with E-state index >= 15 is 0 Å². The van der Waals surface area contributed by atoms with E-state index in [4.69, 9.17) is 19.1 Å². The van der Waals surface area contributed by atoms with Gasteiger partial charge in [-0.2, -0.15) is 0 Å². The van der Waals surface area contributed by atoms with Crippen molar-refractivity contribution in [1.29, 1.82) is 0 Å². The quantitative estimate of drug-likeness (QED) is 0.396. The van der Waals surface area contributed by atoms with Crippen molar-refractivity contribution < 1.29 is 18.7 Å². The van der Waals surface area contributed by atoms with Crippen molar-refractivity contribution in [3.63, 3.8) is 0 Å². The van der Waals surface area contributed by atoms with Gasteiger partial charge in [0.1, 0.15) is 5.82 Å². The van der Waals surface area contributed by atoms with Gasteiger partial charge in [0.05, 0.1) is 31.5 Å². The Morgan fingerprint density at radius 3 is 2.57 bits per heavy atom. The Balaban J connectivity index is 1.35. The summed E-state index contributed by atoms with van der Waals surface area (Å²) in [5, 5.41) is 13.5. The van der Waals surface area contributed by atoms with E-state index in [2.05, 4.69) is 53.4 Å². The monoisotopic (exact) mass is 576 g/mol. The number of urea groups is 1. The summed E-state index contributed by atoms with van der Waals surface area (Å²) in [5.74, 6) is 1.45. The number of anilines is 2. The van der Waals surface area contributed by atoms with Crippen LogP contribution >= 0.6 is 0 Å². The molecule has 3 aromatic rings. The molecule has 3 amide bonds. The van der Waals surface area contributed by atoms with Gasteiger partial charge in [0.15, 0.2) is 5.82 Å². The van der Waals surface area contributed by atoms with Crippen molar-refractivity contribution in [3.05, 3.63) is 47.3 Å². The Kier molecular flexibility index (Phi) is 8.72. The number of morpholine rings is 1. The Hall–Kier alpha value is -4.06. The molecule has 5 rings (SSSR count). The number of hydrogen-bond donors (Lipinski definition) is 2. The minimum atomic E-state index is -0.310. The molecule has 1 aromatic carbocycles. The second-order valence-corrected chi connectivity index (χ2v) is 12.1. The number of fused-ring (bicyclic) bond motifs is 1. The van der Waals surface area contributed by atoms with E-state index in [0.29, 0.717) is 56.7 Å². The van der Waals surface area contributed by atoms with Crippen LogP contribution in [0.1, 0.15) is 68.4 Å². The maximum absolute atomic E-state index is 13.1. The molecule has 1 unspecified atom stereocenters. The van der Waals surface area contributed by atoms with Crippen LogP contribution in [0.4, 0.5) is 16.3 Å². The van der Waals surface area contributed by atoms with Gasteiger partial charge in [0, 0.05) is 43.4 Å². The minimum absolute atomic E-state index is 0.0198. The fraction of sp³-hybridized carbons (Fsp3) is 0.533. The van der Waals surface area contributed by atoms with Crippen LogP contribution in [0.2, 0.25) is 0 Å². The van der Waals surface area contributed by atoms with E-state index in [1.165, 1.54) is 0 Å². The molecule has 42 heavy (non-hydrogen) atoms. The predicted molar refractivity (Wildman–Crippen MR) is 158 cm³/mol. The molecular formula is C30H40N8O4. The number of hydrogen-bond acceptors (Lipinski definition) is 9. The maximum atomic E-state index is 13.1. The molecular weight excluding hydrogens is 536 g/mol. The van der Waals surface area contributed by atoms with Crippen molar-refractivity contribution in [2.75, 3.05) is 43.1 Å². The number of carbonyl (C=O) groups is 2. The number of aryl methyl sites for hydroxylation is 1. The van der Waals surface area contributed by atoms with Crippen LogP contribution in [-0.4, -0.2) is 75.9 Å². The summed E-state index contributed by atoms with van der Waals surface area (Å²) in [7, 11) is 0. The lowest BCUT2D eigenvalue weighted by Gasteiger charge is -2.37. The summed E-state index contributed by atoms with van der Waals surface area (Å²) in [6.07, 6.45) is 2.57. The van der Waals surface area contributed by atoms with Crippen molar-refractivity contribution in [2.45, 2.75) is 66.5 Å². The van der Waals surface area contributed by atoms with Crippen LogP contribution in [0.5, 0.6) is 0 Å². The maximum Gasteiger partial charge on any atom is 0.319 e. The van der Waals surface area contributed by atoms with Gasteiger partial charge in [-0.3, -0.25) is 4.79 Å². The van der Waals surface area contributed by atoms with Gasteiger partial charge < -0.3 is 29.6 Å². The van der Waals surface area contributed by atoms with Crippen LogP contribution in [0, 0.1) is 12.3 Å². The molecule has 0 aliphatic carbocycles. The Labute approximate surface area is 246 Å². The first-order valence-electron chi connectivity index (χ1n) is 14.6. The topological polar surface area (TPSA) is 139 Å². The highest BCUT2D eigenvalue weighted by Gasteiger charge is 2.32. The molecule has 12 nitrogen and oxygen atoms in total. The zero-order valence-corrected chi connectivity index (χ0v) is 25.1. The van der Waals surface area contributed by atoms with Gasteiger partial charge in [-0.05, 0) is 55.9 Å². The van der Waals surface area contributed by atoms with Crippen LogP contribution in [0.3, 0.4) is 0 Å². The zero-order valence-electron chi connectivity index (χ0n) is 25.1. The average molecular weight is 577 g/mol. The van der Waals surface area contributed by atoms with Crippen LogP contribution in [0.15, 0.2) is 28.7 Å². The molecule has 1 saturated heterocycles. The summed E-state index contributed by atoms with van der Waals surface area (Å²) in [6.45, 7) is 13.8. The molecule has 2 aliphatic rings. The third kappa shape index (κ3) is 7.04. The average Bonchev–Trinajstić information content (AvgIpc) is 3.40. The second-order valence-electron chi connectivity index (χ2n) is 12.1. The molecule has 12 heteroatoms. The molecule has 0 saturated carbocycles. The van der Waals surface area contributed by atoms with Crippen molar-refractivity contribution in [2.24, 2.45) is 5.41 Å². The van der Waals surface area contributed by atoms with E-state index in [1.54, 1.807) is 11.8 Å². The minimum Gasteiger partial charge on any atom is -0.417 e. The lowest BCUT2D eigenvalue weighted by molar-refractivity contribution is 0.0689. The molecule has 1 fully saturated rings. The van der Waals surface area contributed by atoms with Gasteiger partial charge in [0.2, 0.25) is 5.89 Å². The predicted octanol–water partition coefficient (Wildman–Crippen LogP) is 4.21. The van der Waals surface area contributed by atoms with Gasteiger partial charge >= 0.3 is 17.8 Å². The molecule has 0 bridgehead atoms. The highest BCUT2D eigenvalue weighted by molar-refractivity contribution is 5.90. The molecule has 224 valence electrons. The van der Waals surface area contributed by atoms with Crippen molar-refractivity contribution in [3.8, 4) is 11.4 Å². The first kappa shape index (κ1) is 29.4. The summed E-state index contributed by atoms with van der Waals surface area (Å²) in [6, 6.07) is 7.41. The molecule has 2 aliphatic heterocycles. The van der Waals surface area contributed by atoms with Crippen LogP contribution in [-0.2, 0) is 17.7 Å². The van der Waals surface area contributed by atoms with Gasteiger partial charge in [0.25, 0.3) is 0 Å². The number of amides is 3. The Morgan fingerprint density at radius 2 is 1.88 bits per heavy atom. The zero-order chi connectivity index (χ0) is 29.9. The smallest absolute Gasteiger partial charge is 0.319 e. The number of carbonyl (C=O) groups excluding carboxylic acids is 2. The lowest BCUT2D eigenvalue weighted by Crippen LogP contribution is -2.46. The number of ether oxygens (including phenoxy) is 1. The summed E-state index contributed by atoms with van der Waals surface area (Å²) in [4.78, 5) is 39.4. The molecule has 4 heterocycles.